The Balaban J connectivity index is 2.24. The van der Waals surface area contributed by atoms with Gasteiger partial charge in [-0.1, -0.05) is 23.4 Å². The topological polar surface area (TPSA) is 79.9 Å². The van der Waals surface area contributed by atoms with Crippen LogP contribution in [0.15, 0.2) is 47.6 Å². The monoisotopic (exact) mass is 289 g/mol. The summed E-state index contributed by atoms with van der Waals surface area (Å²) in [7, 11) is 1.58. The van der Waals surface area contributed by atoms with E-state index in [1.807, 2.05) is 24.3 Å². The lowest BCUT2D eigenvalue weighted by molar-refractivity contribution is 0.318. The van der Waals surface area contributed by atoms with Gasteiger partial charge in [-0.3, -0.25) is 0 Å². The fraction of sp³-hybridized carbons (Fsp3) is 0.133. The first-order valence-corrected chi connectivity index (χ1v) is 6.29. The quantitative estimate of drug-likeness (QED) is 0.342. The van der Waals surface area contributed by atoms with E-state index < -0.39 is 5.82 Å². The minimum atomic E-state index is -0.447. The van der Waals surface area contributed by atoms with E-state index in [0.717, 1.165) is 5.69 Å². The van der Waals surface area contributed by atoms with E-state index in [4.69, 9.17) is 15.7 Å². The fourth-order valence-electron chi connectivity index (χ4n) is 1.98. The van der Waals surface area contributed by atoms with Crippen LogP contribution in [-0.2, 0) is 6.54 Å². The highest BCUT2D eigenvalue weighted by Gasteiger charge is 2.09. The molecule has 0 saturated carbocycles. The lowest BCUT2D eigenvalue weighted by Crippen LogP contribution is -2.17. The number of nitrogens with two attached hydrogens (primary N) is 1. The van der Waals surface area contributed by atoms with E-state index in [-0.39, 0.29) is 5.84 Å². The van der Waals surface area contributed by atoms with E-state index in [2.05, 4.69) is 10.5 Å². The molecule has 2 aromatic carbocycles. The van der Waals surface area contributed by atoms with Gasteiger partial charge >= 0.3 is 0 Å². The molecule has 0 aliphatic carbocycles. The second-order valence-electron chi connectivity index (χ2n) is 4.34. The minimum Gasteiger partial charge on any atom is -0.495 e. The zero-order valence-corrected chi connectivity index (χ0v) is 11.5. The number of rotatable bonds is 5. The van der Waals surface area contributed by atoms with Crippen LogP contribution in [0.4, 0.5) is 10.1 Å². The number of benzene rings is 2. The number of nitrogens with zero attached hydrogens (tertiary/aromatic N) is 1. The molecule has 0 aromatic heterocycles. The van der Waals surface area contributed by atoms with Gasteiger partial charge < -0.3 is 21.0 Å². The lowest BCUT2D eigenvalue weighted by atomic mass is 10.1. The number of methoxy groups -OCH3 is 1. The number of amidine groups is 1. The van der Waals surface area contributed by atoms with E-state index in [9.17, 15) is 4.39 Å². The first-order chi connectivity index (χ1) is 10.2. The summed E-state index contributed by atoms with van der Waals surface area (Å²) in [5, 5.41) is 14.9. The van der Waals surface area contributed by atoms with Crippen LogP contribution in [0.5, 0.6) is 5.75 Å². The SMILES string of the molecule is COc1ccccc1NCc1ccc(F)cc1C(N)=NO. The number of para-hydroxylation sites is 2. The molecule has 4 N–H and O–H groups in total. The highest BCUT2D eigenvalue weighted by Crippen LogP contribution is 2.24. The van der Waals surface area contributed by atoms with Crippen LogP contribution in [-0.4, -0.2) is 18.2 Å². The first-order valence-electron chi connectivity index (χ1n) is 6.29. The van der Waals surface area contributed by atoms with E-state index in [0.29, 0.717) is 23.4 Å². The van der Waals surface area contributed by atoms with Gasteiger partial charge in [-0.25, -0.2) is 4.39 Å². The van der Waals surface area contributed by atoms with Gasteiger partial charge in [-0.15, -0.1) is 0 Å². The number of halogens is 1. The normalized spacial score (nSPS) is 11.2. The molecule has 0 radical (unpaired) electrons. The Bertz CT molecular complexity index is 659. The molecule has 0 unspecified atom stereocenters. The molecule has 0 amide bonds. The molecule has 0 saturated heterocycles. The Morgan fingerprint density at radius 1 is 1.33 bits per heavy atom. The van der Waals surface area contributed by atoms with Gasteiger partial charge in [0.25, 0.3) is 0 Å². The smallest absolute Gasteiger partial charge is 0.170 e. The zero-order chi connectivity index (χ0) is 15.2. The van der Waals surface area contributed by atoms with Crippen molar-refractivity contribution in [3.05, 3.63) is 59.4 Å². The number of nitrogens with one attached hydrogen (secondary N) is 1. The Hall–Kier alpha value is -2.76. The fourth-order valence-corrected chi connectivity index (χ4v) is 1.98. The van der Waals surface area contributed by atoms with Gasteiger partial charge in [0.1, 0.15) is 11.6 Å². The van der Waals surface area contributed by atoms with Gasteiger partial charge in [0, 0.05) is 12.1 Å². The molecule has 21 heavy (non-hydrogen) atoms. The van der Waals surface area contributed by atoms with Crippen molar-refractivity contribution in [2.24, 2.45) is 10.9 Å². The van der Waals surface area contributed by atoms with Crippen molar-refractivity contribution in [1.29, 1.82) is 0 Å². The third kappa shape index (κ3) is 3.42. The van der Waals surface area contributed by atoms with Crippen molar-refractivity contribution in [2.45, 2.75) is 6.54 Å². The summed E-state index contributed by atoms with van der Waals surface area (Å²) in [4.78, 5) is 0. The molecule has 5 nitrogen and oxygen atoms in total. The summed E-state index contributed by atoms with van der Waals surface area (Å²) in [6.45, 7) is 0.381. The first kappa shape index (κ1) is 14.6. The second kappa shape index (κ2) is 6.60. The minimum absolute atomic E-state index is 0.133. The number of anilines is 1. The van der Waals surface area contributed by atoms with Crippen molar-refractivity contribution in [3.8, 4) is 5.75 Å². The van der Waals surface area contributed by atoms with Crippen LogP contribution in [0, 0.1) is 5.82 Å². The molecule has 0 aliphatic rings. The van der Waals surface area contributed by atoms with Crippen LogP contribution in [0.3, 0.4) is 0 Å². The Morgan fingerprint density at radius 2 is 2.10 bits per heavy atom. The molecule has 2 aromatic rings. The Labute approximate surface area is 121 Å². The van der Waals surface area contributed by atoms with Crippen LogP contribution in [0.2, 0.25) is 0 Å². The molecule has 0 fully saturated rings. The van der Waals surface area contributed by atoms with E-state index in [1.165, 1.54) is 12.1 Å². The molecular formula is C15H16FN3O2. The lowest BCUT2D eigenvalue weighted by Gasteiger charge is -2.13. The maximum Gasteiger partial charge on any atom is 0.170 e. The van der Waals surface area contributed by atoms with Crippen molar-refractivity contribution >= 4 is 11.5 Å². The summed E-state index contributed by atoms with van der Waals surface area (Å²) in [6.07, 6.45) is 0. The van der Waals surface area contributed by atoms with E-state index >= 15 is 0 Å². The maximum absolute atomic E-state index is 13.3. The molecule has 0 aliphatic heterocycles. The third-order valence-corrected chi connectivity index (χ3v) is 3.03. The van der Waals surface area contributed by atoms with Crippen molar-refractivity contribution in [3.63, 3.8) is 0 Å². The molecule has 2 rings (SSSR count). The molecule has 110 valence electrons. The number of hydrogen-bond acceptors (Lipinski definition) is 4. The summed E-state index contributed by atoms with van der Waals surface area (Å²) >= 11 is 0. The average Bonchev–Trinajstić information content (AvgIpc) is 2.53. The van der Waals surface area contributed by atoms with Gasteiger partial charge in [-0.05, 0) is 29.8 Å². The van der Waals surface area contributed by atoms with Gasteiger partial charge in [0.2, 0.25) is 0 Å². The molecule has 0 atom stereocenters. The molecule has 0 bridgehead atoms. The summed E-state index contributed by atoms with van der Waals surface area (Å²) < 4.78 is 18.5. The average molecular weight is 289 g/mol. The van der Waals surface area contributed by atoms with Crippen LogP contribution in [0.1, 0.15) is 11.1 Å². The second-order valence-corrected chi connectivity index (χ2v) is 4.34. The largest absolute Gasteiger partial charge is 0.495 e. The molecular weight excluding hydrogens is 273 g/mol. The number of hydrogen-bond donors (Lipinski definition) is 3. The van der Waals surface area contributed by atoms with Crippen LogP contribution >= 0.6 is 0 Å². The summed E-state index contributed by atoms with van der Waals surface area (Å²) in [5.41, 5.74) is 7.42. The van der Waals surface area contributed by atoms with Crippen molar-refractivity contribution in [2.75, 3.05) is 12.4 Å². The summed E-state index contributed by atoms with van der Waals surface area (Å²) in [6, 6.07) is 11.6. The molecule has 0 spiro atoms. The van der Waals surface area contributed by atoms with E-state index in [1.54, 1.807) is 13.2 Å². The summed E-state index contributed by atoms with van der Waals surface area (Å²) in [5.74, 6) is 0.119. The third-order valence-electron chi connectivity index (χ3n) is 3.03. The van der Waals surface area contributed by atoms with Gasteiger partial charge in [0.15, 0.2) is 5.84 Å². The Kier molecular flexibility index (Phi) is 4.61. The van der Waals surface area contributed by atoms with Gasteiger partial charge in [0.05, 0.1) is 12.8 Å². The molecule has 6 heteroatoms. The Morgan fingerprint density at radius 3 is 2.81 bits per heavy atom. The van der Waals surface area contributed by atoms with Crippen molar-refractivity contribution in [1.82, 2.24) is 0 Å². The highest BCUT2D eigenvalue weighted by atomic mass is 19.1. The number of oxime groups is 1. The maximum atomic E-state index is 13.3. The standard InChI is InChI=1S/C15H16FN3O2/c1-21-14-5-3-2-4-13(14)18-9-10-6-7-11(16)8-12(10)15(17)19-20/h2-8,18,20H,9H2,1H3,(H2,17,19). The predicted octanol–water partition coefficient (Wildman–Crippen LogP) is 2.54. The van der Waals surface area contributed by atoms with Gasteiger partial charge in [-0.2, -0.15) is 0 Å². The van der Waals surface area contributed by atoms with Crippen LogP contribution in [0.25, 0.3) is 0 Å². The van der Waals surface area contributed by atoms with Crippen LogP contribution < -0.4 is 15.8 Å². The van der Waals surface area contributed by atoms with Crippen molar-refractivity contribution < 1.29 is 14.3 Å². The molecule has 0 heterocycles. The highest BCUT2D eigenvalue weighted by molar-refractivity contribution is 5.98. The predicted molar refractivity (Wildman–Crippen MR) is 79.2 cm³/mol. The number of ether oxygens (including phenoxy) is 1. The zero-order valence-electron chi connectivity index (χ0n) is 11.5.